The van der Waals surface area contributed by atoms with Crippen LogP contribution in [0, 0.1) is 5.92 Å². The Bertz CT molecular complexity index is 1040. The Labute approximate surface area is 193 Å². The summed E-state index contributed by atoms with van der Waals surface area (Å²) in [6.07, 6.45) is 1.59. The number of hydrogen-bond acceptors (Lipinski definition) is 3. The van der Waals surface area contributed by atoms with E-state index in [-0.39, 0.29) is 17.9 Å². The number of nitrogens with zero attached hydrogens (tertiary/aromatic N) is 1. The van der Waals surface area contributed by atoms with Crippen LogP contribution in [-0.4, -0.2) is 29.9 Å². The van der Waals surface area contributed by atoms with Crippen molar-refractivity contribution in [2.24, 2.45) is 5.92 Å². The molecule has 1 aliphatic rings. The van der Waals surface area contributed by atoms with Crippen molar-refractivity contribution < 1.29 is 9.59 Å². The van der Waals surface area contributed by atoms with Gasteiger partial charge in [0.05, 0.1) is 11.6 Å². The van der Waals surface area contributed by atoms with Gasteiger partial charge in [0.2, 0.25) is 5.91 Å². The van der Waals surface area contributed by atoms with Crippen molar-refractivity contribution in [3.8, 4) is 0 Å². The first kappa shape index (κ1) is 22.0. The van der Waals surface area contributed by atoms with Crippen LogP contribution >= 0.6 is 11.8 Å². The van der Waals surface area contributed by atoms with Gasteiger partial charge >= 0.3 is 6.03 Å². The van der Waals surface area contributed by atoms with Crippen LogP contribution in [0.5, 0.6) is 0 Å². The average molecular weight is 446 g/mol. The number of likely N-dealkylation sites (tertiary alicyclic amines) is 1. The average Bonchev–Trinajstić information content (AvgIpc) is 2.85. The van der Waals surface area contributed by atoms with Crippen molar-refractivity contribution in [3.05, 3.63) is 90.5 Å². The molecular formula is C26H27N3O2S. The third-order valence-electron chi connectivity index (χ3n) is 5.49. The highest BCUT2D eigenvalue weighted by atomic mass is 32.2. The Balaban J connectivity index is 1.36. The highest BCUT2D eigenvalue weighted by molar-refractivity contribution is 7.98. The zero-order valence-electron chi connectivity index (χ0n) is 17.9. The van der Waals surface area contributed by atoms with Crippen LogP contribution in [-0.2, 0) is 10.5 Å². The first-order chi connectivity index (χ1) is 15.7. The van der Waals surface area contributed by atoms with E-state index in [0.29, 0.717) is 13.1 Å². The normalized spacial score (nSPS) is 15.8. The lowest BCUT2D eigenvalue weighted by Gasteiger charge is -2.32. The molecule has 1 heterocycles. The van der Waals surface area contributed by atoms with Crippen LogP contribution < -0.4 is 10.6 Å². The van der Waals surface area contributed by atoms with Crippen molar-refractivity contribution in [1.29, 1.82) is 0 Å². The standard InChI is InChI=1S/C26H27N3O2S/c30-25(21-12-9-17-29(18-21)26(31)27-22-13-5-2-6-14-22)28-23-15-7-8-16-24(23)32-19-20-10-3-1-4-11-20/h1-8,10-11,13-16,21H,9,12,17-19H2,(H,27,31)(H,28,30)/t21-/m0/s1. The fourth-order valence-electron chi connectivity index (χ4n) is 3.77. The number of carbonyl (C=O) groups excluding carboxylic acids is 2. The smallest absolute Gasteiger partial charge is 0.321 e. The Morgan fingerprint density at radius 2 is 1.56 bits per heavy atom. The third-order valence-corrected chi connectivity index (χ3v) is 6.63. The summed E-state index contributed by atoms with van der Waals surface area (Å²) in [6, 6.07) is 27.4. The predicted molar refractivity (Wildman–Crippen MR) is 131 cm³/mol. The van der Waals surface area contributed by atoms with E-state index in [2.05, 4.69) is 22.8 Å². The molecule has 1 atom stereocenters. The molecule has 0 radical (unpaired) electrons. The lowest BCUT2D eigenvalue weighted by atomic mass is 9.97. The van der Waals surface area contributed by atoms with Crippen molar-refractivity contribution in [2.45, 2.75) is 23.5 Å². The Morgan fingerprint density at radius 3 is 2.34 bits per heavy atom. The zero-order valence-corrected chi connectivity index (χ0v) is 18.7. The first-order valence-electron chi connectivity index (χ1n) is 10.9. The highest BCUT2D eigenvalue weighted by Crippen LogP contribution is 2.30. The van der Waals surface area contributed by atoms with Crippen molar-refractivity contribution in [2.75, 3.05) is 23.7 Å². The van der Waals surface area contributed by atoms with Crippen LogP contribution in [0.25, 0.3) is 0 Å². The molecule has 2 N–H and O–H groups in total. The molecule has 164 valence electrons. The molecule has 0 aromatic heterocycles. The summed E-state index contributed by atoms with van der Waals surface area (Å²) in [5.74, 6) is 0.581. The number of benzene rings is 3. The minimum Gasteiger partial charge on any atom is -0.325 e. The molecule has 3 aromatic carbocycles. The summed E-state index contributed by atoms with van der Waals surface area (Å²) in [7, 11) is 0. The lowest BCUT2D eigenvalue weighted by Crippen LogP contribution is -2.45. The Hall–Kier alpha value is -3.25. The second-order valence-electron chi connectivity index (χ2n) is 7.84. The molecule has 4 rings (SSSR count). The van der Waals surface area contributed by atoms with Gasteiger partial charge in [-0.3, -0.25) is 4.79 Å². The molecule has 32 heavy (non-hydrogen) atoms. The van der Waals surface area contributed by atoms with E-state index in [9.17, 15) is 9.59 Å². The van der Waals surface area contributed by atoms with E-state index in [1.807, 2.05) is 72.8 Å². The van der Waals surface area contributed by atoms with E-state index < -0.39 is 0 Å². The Morgan fingerprint density at radius 1 is 0.875 bits per heavy atom. The van der Waals surface area contributed by atoms with E-state index in [0.717, 1.165) is 34.9 Å². The van der Waals surface area contributed by atoms with Gasteiger partial charge in [0.15, 0.2) is 0 Å². The monoisotopic (exact) mass is 445 g/mol. The zero-order chi connectivity index (χ0) is 22.2. The summed E-state index contributed by atoms with van der Waals surface area (Å²) in [4.78, 5) is 28.5. The van der Waals surface area contributed by atoms with Crippen LogP contribution in [0.2, 0.25) is 0 Å². The molecule has 0 spiro atoms. The van der Waals surface area contributed by atoms with E-state index in [4.69, 9.17) is 0 Å². The number of nitrogens with one attached hydrogen (secondary N) is 2. The number of carbonyl (C=O) groups is 2. The largest absolute Gasteiger partial charge is 0.325 e. The molecule has 1 saturated heterocycles. The highest BCUT2D eigenvalue weighted by Gasteiger charge is 2.29. The number of hydrogen-bond donors (Lipinski definition) is 2. The maximum atomic E-state index is 13.0. The minimum absolute atomic E-state index is 0.0324. The van der Waals surface area contributed by atoms with Gasteiger partial charge in [0.25, 0.3) is 0 Å². The first-order valence-corrected chi connectivity index (χ1v) is 11.9. The fourth-order valence-corrected chi connectivity index (χ4v) is 4.73. The second-order valence-corrected chi connectivity index (χ2v) is 8.86. The maximum absolute atomic E-state index is 13.0. The van der Waals surface area contributed by atoms with Gasteiger partial charge in [-0.2, -0.15) is 0 Å². The maximum Gasteiger partial charge on any atom is 0.321 e. The number of para-hydroxylation sites is 2. The van der Waals surface area contributed by atoms with Gasteiger partial charge in [-0.25, -0.2) is 4.79 Å². The fraction of sp³-hybridized carbons (Fsp3) is 0.231. The van der Waals surface area contributed by atoms with Crippen LogP contribution in [0.4, 0.5) is 16.2 Å². The molecule has 5 nitrogen and oxygen atoms in total. The van der Waals surface area contributed by atoms with Crippen molar-refractivity contribution in [3.63, 3.8) is 0 Å². The molecule has 0 saturated carbocycles. The van der Waals surface area contributed by atoms with Crippen LogP contribution in [0.15, 0.2) is 89.8 Å². The van der Waals surface area contributed by atoms with Gasteiger partial charge < -0.3 is 15.5 Å². The Kier molecular flexibility index (Phi) is 7.46. The third kappa shape index (κ3) is 5.92. The summed E-state index contributed by atoms with van der Waals surface area (Å²) in [5.41, 5.74) is 2.82. The molecule has 1 fully saturated rings. The molecule has 3 amide bonds. The molecule has 0 unspecified atom stereocenters. The van der Waals surface area contributed by atoms with Gasteiger partial charge in [-0.05, 0) is 42.7 Å². The topological polar surface area (TPSA) is 61.4 Å². The molecule has 6 heteroatoms. The number of anilines is 2. The molecular weight excluding hydrogens is 418 g/mol. The summed E-state index contributed by atoms with van der Waals surface area (Å²) in [6.45, 7) is 1.08. The van der Waals surface area contributed by atoms with E-state index in [1.165, 1.54) is 5.56 Å². The van der Waals surface area contributed by atoms with E-state index in [1.54, 1.807) is 16.7 Å². The van der Waals surface area contributed by atoms with Crippen LogP contribution in [0.3, 0.4) is 0 Å². The number of rotatable bonds is 6. The summed E-state index contributed by atoms with van der Waals surface area (Å²) >= 11 is 1.71. The predicted octanol–water partition coefficient (Wildman–Crippen LogP) is 5.86. The van der Waals surface area contributed by atoms with Gasteiger partial charge in [-0.15, -0.1) is 11.8 Å². The number of piperidine rings is 1. The van der Waals surface area contributed by atoms with Crippen LogP contribution in [0.1, 0.15) is 18.4 Å². The number of thioether (sulfide) groups is 1. The summed E-state index contributed by atoms with van der Waals surface area (Å²) in [5, 5.41) is 6.02. The van der Waals surface area contributed by atoms with Crippen molar-refractivity contribution >= 4 is 35.1 Å². The van der Waals surface area contributed by atoms with Gasteiger partial charge in [0.1, 0.15) is 0 Å². The number of urea groups is 1. The quantitative estimate of drug-likeness (QED) is 0.467. The summed E-state index contributed by atoms with van der Waals surface area (Å²) < 4.78 is 0. The van der Waals surface area contributed by atoms with Gasteiger partial charge in [0, 0.05) is 29.4 Å². The van der Waals surface area contributed by atoms with Crippen molar-refractivity contribution in [1.82, 2.24) is 4.90 Å². The minimum atomic E-state index is -0.225. The molecule has 0 bridgehead atoms. The number of amides is 3. The second kappa shape index (κ2) is 10.9. The molecule has 3 aromatic rings. The SMILES string of the molecule is O=C(Nc1ccccc1SCc1ccccc1)[C@H]1CCCN(C(=O)Nc2ccccc2)C1. The van der Waals surface area contributed by atoms with Gasteiger partial charge in [-0.1, -0.05) is 60.7 Å². The molecule has 0 aliphatic carbocycles. The molecule has 1 aliphatic heterocycles. The lowest BCUT2D eigenvalue weighted by molar-refractivity contribution is -0.121. The van der Waals surface area contributed by atoms with E-state index >= 15 is 0 Å².